The maximum Gasteiger partial charge on any atom is 0.136 e. The van der Waals surface area contributed by atoms with Gasteiger partial charge in [0.1, 0.15) is 11.2 Å². The normalized spacial score (nSPS) is 13.4. The molecule has 0 saturated heterocycles. The molecule has 0 aliphatic rings. The average Bonchev–Trinajstić information content (AvgIpc) is 3.57. The summed E-state index contributed by atoms with van der Waals surface area (Å²) in [6, 6.07) is 42.8. The van der Waals surface area contributed by atoms with Gasteiger partial charge >= 0.3 is 0 Å². The predicted octanol–water partition coefficient (Wildman–Crippen LogP) is 12.6. The van der Waals surface area contributed by atoms with Gasteiger partial charge in [-0.05, 0) is 84.2 Å². The lowest BCUT2D eigenvalue weighted by atomic mass is 9.84. The molecule has 0 bridgehead atoms. The van der Waals surface area contributed by atoms with E-state index in [0.717, 1.165) is 43.8 Å². The maximum atomic E-state index is 9.51. The highest BCUT2D eigenvalue weighted by molar-refractivity contribution is 6.27. The van der Waals surface area contributed by atoms with E-state index in [-0.39, 0.29) is 47.4 Å². The van der Waals surface area contributed by atoms with Crippen LogP contribution in [0.4, 0.5) is 0 Å². The lowest BCUT2D eigenvalue weighted by Crippen LogP contribution is -1.92. The molecule has 1 heteroatoms. The number of rotatable bonds is 4. The molecular formula is C44H28O. The molecule has 0 aliphatic heterocycles. The first kappa shape index (κ1) is 20.1. The van der Waals surface area contributed by atoms with Gasteiger partial charge in [0.05, 0.1) is 8.22 Å². The van der Waals surface area contributed by atoms with E-state index >= 15 is 0 Å². The van der Waals surface area contributed by atoms with Crippen LogP contribution in [0, 0.1) is 0 Å². The number of furan rings is 1. The van der Waals surface area contributed by atoms with Crippen LogP contribution in [0.5, 0.6) is 0 Å². The molecule has 0 aliphatic carbocycles. The maximum absolute atomic E-state index is 9.51. The van der Waals surface area contributed by atoms with Crippen LogP contribution in [0.2, 0.25) is 0 Å². The second kappa shape index (κ2) is 10.4. The van der Waals surface area contributed by atoms with Gasteiger partial charge < -0.3 is 4.42 Å². The summed E-state index contributed by atoms with van der Waals surface area (Å²) in [5.41, 5.74) is 6.57. The van der Waals surface area contributed by atoms with Crippen molar-refractivity contribution in [3.05, 3.63) is 170 Å². The Kier molecular flexibility index (Phi) is 4.63. The van der Waals surface area contributed by atoms with E-state index in [2.05, 4.69) is 48.5 Å². The molecule has 1 heterocycles. The van der Waals surface area contributed by atoms with Crippen molar-refractivity contribution in [3.63, 3.8) is 0 Å². The number of hydrogen-bond donors (Lipinski definition) is 0. The summed E-state index contributed by atoms with van der Waals surface area (Å²) >= 11 is 0. The van der Waals surface area contributed by atoms with Crippen LogP contribution < -0.4 is 0 Å². The minimum atomic E-state index is -0.297. The summed E-state index contributed by atoms with van der Waals surface area (Å²) < 4.78 is 60.4. The van der Waals surface area contributed by atoms with Crippen LogP contribution in [0.25, 0.3) is 88.0 Å². The Labute approximate surface area is 270 Å². The third-order valence-corrected chi connectivity index (χ3v) is 8.64. The van der Waals surface area contributed by atoms with Crippen LogP contribution in [0.3, 0.4) is 0 Å². The zero-order valence-corrected chi connectivity index (χ0v) is 24.1. The molecule has 0 atom stereocenters. The van der Waals surface area contributed by atoms with E-state index in [4.69, 9.17) is 11.3 Å². The first-order valence-electron chi connectivity index (χ1n) is 18.0. The molecule has 0 unspecified atom stereocenters. The molecule has 0 amide bonds. The molecular weight excluding hydrogens is 544 g/mol. The van der Waals surface area contributed by atoms with Gasteiger partial charge in [-0.15, -0.1) is 0 Å². The molecule has 0 spiro atoms. The van der Waals surface area contributed by atoms with Crippen molar-refractivity contribution in [1.29, 1.82) is 0 Å². The standard InChI is InChI=1S/C44H28O/c1-3-14-29(15-4-1)31-18-11-19-32(28-31)41-34-20-7-9-22-36(34)42(37-23-10-8-21-35(37)41)38-25-13-27-40-44(38)43-33(24-12-26-39(43)45-40)30-16-5-2-6-17-30/h1-28H/i12D,13D,24D,25D,26D,27D. The monoisotopic (exact) mass is 578 g/mol. The van der Waals surface area contributed by atoms with Crippen molar-refractivity contribution in [2.45, 2.75) is 0 Å². The first-order valence-corrected chi connectivity index (χ1v) is 15.0. The molecule has 0 fully saturated rings. The highest BCUT2D eigenvalue weighted by Crippen LogP contribution is 2.48. The van der Waals surface area contributed by atoms with E-state index in [1.54, 1.807) is 0 Å². The van der Waals surface area contributed by atoms with E-state index in [9.17, 15) is 1.37 Å². The van der Waals surface area contributed by atoms with Gasteiger partial charge in [-0.1, -0.05) is 152 Å². The molecule has 1 nitrogen and oxygen atoms in total. The van der Waals surface area contributed by atoms with Crippen molar-refractivity contribution in [1.82, 2.24) is 0 Å². The zero-order chi connectivity index (χ0) is 35.0. The summed E-state index contributed by atoms with van der Waals surface area (Å²) in [6.07, 6.45) is 0. The molecule has 9 rings (SSSR count). The van der Waals surface area contributed by atoms with Crippen molar-refractivity contribution < 1.29 is 12.6 Å². The van der Waals surface area contributed by atoms with Crippen LogP contribution in [-0.4, -0.2) is 0 Å². The third kappa shape index (κ3) is 4.09. The Balaban J connectivity index is 1.48. The summed E-state index contributed by atoms with van der Waals surface area (Å²) in [7, 11) is 0. The largest absolute Gasteiger partial charge is 0.456 e. The second-order valence-electron chi connectivity index (χ2n) is 11.2. The van der Waals surface area contributed by atoms with E-state index < -0.39 is 0 Å². The summed E-state index contributed by atoms with van der Waals surface area (Å²) in [4.78, 5) is 0. The molecule has 0 saturated carbocycles. The Morgan fingerprint density at radius 1 is 0.378 bits per heavy atom. The molecule has 1 aromatic heterocycles. The van der Waals surface area contributed by atoms with Crippen LogP contribution in [0.1, 0.15) is 8.22 Å². The molecule has 45 heavy (non-hydrogen) atoms. The van der Waals surface area contributed by atoms with Gasteiger partial charge in [-0.25, -0.2) is 0 Å². The number of benzene rings is 8. The Morgan fingerprint density at radius 2 is 0.844 bits per heavy atom. The van der Waals surface area contributed by atoms with E-state index in [1.807, 2.05) is 84.9 Å². The van der Waals surface area contributed by atoms with Crippen LogP contribution in [0.15, 0.2) is 174 Å². The van der Waals surface area contributed by atoms with Crippen molar-refractivity contribution in [2.75, 3.05) is 0 Å². The lowest BCUT2D eigenvalue weighted by molar-refractivity contribution is 0.669. The highest BCUT2D eigenvalue weighted by atomic mass is 16.3. The van der Waals surface area contributed by atoms with Gasteiger partial charge in [0.25, 0.3) is 0 Å². The number of fused-ring (bicyclic) bond motifs is 5. The number of hydrogen-bond acceptors (Lipinski definition) is 1. The first-order chi connectivity index (χ1) is 24.8. The summed E-state index contributed by atoms with van der Waals surface area (Å²) in [6.45, 7) is 0. The molecule has 210 valence electrons. The SMILES string of the molecule is [2H]c1c([2H])c(-c2ccccc2)c2c(oc3c([2H])c([2H])c([2H])c(-c4c5ccccc5c(-c5cccc(-c6ccccc6)c5)c5ccccc45)c32)c1[2H]. The van der Waals surface area contributed by atoms with Gasteiger partial charge in [-0.2, -0.15) is 0 Å². The minimum absolute atomic E-state index is 0.0597. The fraction of sp³-hybridized carbons (Fsp3) is 0. The van der Waals surface area contributed by atoms with Crippen molar-refractivity contribution in [3.8, 4) is 44.5 Å². The highest BCUT2D eigenvalue weighted by Gasteiger charge is 2.21. The quantitative estimate of drug-likeness (QED) is 0.189. The summed E-state index contributed by atoms with van der Waals surface area (Å²) in [5.74, 6) is 0. The molecule has 0 radical (unpaired) electrons. The fourth-order valence-corrected chi connectivity index (χ4v) is 6.71. The predicted molar refractivity (Wildman–Crippen MR) is 190 cm³/mol. The van der Waals surface area contributed by atoms with E-state index in [0.29, 0.717) is 33.0 Å². The minimum Gasteiger partial charge on any atom is -0.456 e. The Morgan fingerprint density at radius 3 is 1.47 bits per heavy atom. The lowest BCUT2D eigenvalue weighted by Gasteiger charge is -2.19. The average molecular weight is 579 g/mol. The smallest absolute Gasteiger partial charge is 0.136 e. The zero-order valence-electron chi connectivity index (χ0n) is 30.1. The van der Waals surface area contributed by atoms with Crippen molar-refractivity contribution >= 4 is 43.5 Å². The fourth-order valence-electron chi connectivity index (χ4n) is 6.71. The molecule has 0 N–H and O–H groups in total. The van der Waals surface area contributed by atoms with Crippen LogP contribution >= 0.6 is 0 Å². The van der Waals surface area contributed by atoms with Gasteiger partial charge in [0.2, 0.25) is 0 Å². The van der Waals surface area contributed by atoms with Gasteiger partial charge in [-0.3, -0.25) is 0 Å². The Hall–Kier alpha value is -5.92. The summed E-state index contributed by atoms with van der Waals surface area (Å²) in [5, 5.41) is 4.41. The van der Waals surface area contributed by atoms with Crippen molar-refractivity contribution in [2.24, 2.45) is 0 Å². The third-order valence-electron chi connectivity index (χ3n) is 8.64. The second-order valence-corrected chi connectivity index (χ2v) is 11.2. The molecule has 8 aromatic carbocycles. The molecule has 9 aromatic rings. The van der Waals surface area contributed by atoms with Gasteiger partial charge in [0.15, 0.2) is 0 Å². The van der Waals surface area contributed by atoms with Crippen LogP contribution in [-0.2, 0) is 0 Å². The van der Waals surface area contributed by atoms with Gasteiger partial charge in [0, 0.05) is 10.8 Å². The van der Waals surface area contributed by atoms with E-state index in [1.165, 1.54) is 0 Å². The Bertz CT molecular complexity index is 2800. The topological polar surface area (TPSA) is 13.1 Å².